The minimum Gasteiger partial charge on any atom is -0.393 e. The molecule has 1 aliphatic carbocycles. The lowest BCUT2D eigenvalue weighted by atomic mass is 9.94. The molecule has 0 fully saturated rings. The molecule has 0 aliphatic heterocycles. The van der Waals surface area contributed by atoms with Gasteiger partial charge in [-0.1, -0.05) is 6.08 Å². The van der Waals surface area contributed by atoms with Crippen LogP contribution in [0.4, 0.5) is 0 Å². The van der Waals surface area contributed by atoms with E-state index in [9.17, 15) is 0 Å². The number of hydrogen-bond donors (Lipinski definition) is 2. The Bertz CT molecular complexity index is 293. The largest absolute Gasteiger partial charge is 0.393 e. The van der Waals surface area contributed by atoms with Crippen molar-refractivity contribution in [1.29, 1.82) is 5.41 Å². The highest BCUT2D eigenvalue weighted by molar-refractivity contribution is 6.10. The maximum atomic E-state index is 7.64. The smallest absolute Gasteiger partial charge is 0.0629 e. The first-order chi connectivity index (χ1) is 5.66. The molecule has 0 atom stereocenters. The third-order valence-electron chi connectivity index (χ3n) is 2.07. The van der Waals surface area contributed by atoms with E-state index in [4.69, 9.17) is 5.41 Å². The van der Waals surface area contributed by atoms with Crippen molar-refractivity contribution in [2.24, 2.45) is 0 Å². The molecule has 0 saturated heterocycles. The first kappa shape index (κ1) is 8.78. The Morgan fingerprint density at radius 3 is 2.58 bits per heavy atom. The average molecular weight is 162 g/mol. The van der Waals surface area contributed by atoms with E-state index in [1.54, 1.807) is 0 Å². The van der Waals surface area contributed by atoms with Crippen LogP contribution in [-0.2, 0) is 0 Å². The summed E-state index contributed by atoms with van der Waals surface area (Å²) >= 11 is 0. The molecular formula is C10H14N2. The summed E-state index contributed by atoms with van der Waals surface area (Å²) in [6.07, 6.45) is 5.67. The summed E-state index contributed by atoms with van der Waals surface area (Å²) in [7, 11) is 1.85. The number of hydrogen-bond acceptors (Lipinski definition) is 2. The molecule has 0 spiro atoms. The van der Waals surface area contributed by atoms with Crippen LogP contribution in [0.2, 0.25) is 0 Å². The molecular weight excluding hydrogens is 148 g/mol. The van der Waals surface area contributed by atoms with Crippen LogP contribution in [0.15, 0.2) is 35.1 Å². The molecule has 0 saturated carbocycles. The zero-order valence-corrected chi connectivity index (χ0v) is 7.73. The Labute approximate surface area is 73.2 Å². The molecule has 0 aromatic heterocycles. The summed E-state index contributed by atoms with van der Waals surface area (Å²) in [4.78, 5) is 0. The minimum atomic E-state index is 0.576. The predicted molar refractivity (Wildman–Crippen MR) is 52.4 cm³/mol. The minimum absolute atomic E-state index is 0.576. The van der Waals surface area contributed by atoms with Gasteiger partial charge >= 0.3 is 0 Å². The van der Waals surface area contributed by atoms with Crippen molar-refractivity contribution < 1.29 is 0 Å². The van der Waals surface area contributed by atoms with Crippen LogP contribution >= 0.6 is 0 Å². The van der Waals surface area contributed by atoms with Gasteiger partial charge < -0.3 is 10.7 Å². The summed E-state index contributed by atoms with van der Waals surface area (Å²) in [5.41, 5.74) is 3.97. The second-order valence-electron chi connectivity index (χ2n) is 2.90. The first-order valence-electron chi connectivity index (χ1n) is 3.99. The van der Waals surface area contributed by atoms with Gasteiger partial charge in [-0.05, 0) is 31.1 Å². The van der Waals surface area contributed by atoms with Gasteiger partial charge in [0, 0.05) is 18.8 Å². The molecule has 64 valence electrons. The van der Waals surface area contributed by atoms with Crippen LogP contribution in [0, 0.1) is 5.41 Å². The lowest BCUT2D eigenvalue weighted by Crippen LogP contribution is -2.09. The van der Waals surface area contributed by atoms with Gasteiger partial charge in [0.2, 0.25) is 0 Å². The van der Waals surface area contributed by atoms with Crippen LogP contribution in [0.1, 0.15) is 13.8 Å². The second kappa shape index (κ2) is 3.39. The summed E-state index contributed by atoms with van der Waals surface area (Å²) < 4.78 is 0. The highest BCUT2D eigenvalue weighted by Crippen LogP contribution is 2.20. The Kier molecular flexibility index (Phi) is 2.48. The van der Waals surface area contributed by atoms with Crippen LogP contribution in [0.5, 0.6) is 0 Å². The topological polar surface area (TPSA) is 35.9 Å². The van der Waals surface area contributed by atoms with Gasteiger partial charge in [-0.3, -0.25) is 0 Å². The van der Waals surface area contributed by atoms with Gasteiger partial charge in [0.05, 0.1) is 5.71 Å². The molecule has 0 heterocycles. The quantitative estimate of drug-likeness (QED) is 0.608. The van der Waals surface area contributed by atoms with Gasteiger partial charge in [-0.25, -0.2) is 0 Å². The molecule has 2 N–H and O–H groups in total. The maximum absolute atomic E-state index is 7.64. The van der Waals surface area contributed by atoms with Crippen molar-refractivity contribution in [3.8, 4) is 0 Å². The normalized spacial score (nSPS) is 20.6. The van der Waals surface area contributed by atoms with Crippen LogP contribution in [0.3, 0.4) is 0 Å². The lowest BCUT2D eigenvalue weighted by molar-refractivity contribution is 1.08. The third-order valence-corrected chi connectivity index (χ3v) is 2.07. The molecule has 12 heavy (non-hydrogen) atoms. The van der Waals surface area contributed by atoms with Crippen molar-refractivity contribution in [2.45, 2.75) is 13.8 Å². The van der Waals surface area contributed by atoms with Crippen molar-refractivity contribution in [1.82, 2.24) is 5.32 Å². The Hall–Kier alpha value is -1.31. The van der Waals surface area contributed by atoms with Crippen molar-refractivity contribution in [2.75, 3.05) is 7.05 Å². The fourth-order valence-corrected chi connectivity index (χ4v) is 1.17. The van der Waals surface area contributed by atoms with Gasteiger partial charge in [0.25, 0.3) is 0 Å². The Balaban J connectivity index is 3.09. The molecule has 0 aromatic carbocycles. The molecule has 1 rings (SSSR count). The van der Waals surface area contributed by atoms with E-state index in [1.165, 1.54) is 11.1 Å². The molecule has 2 nitrogen and oxygen atoms in total. The molecule has 0 unspecified atom stereocenters. The average Bonchev–Trinajstić information content (AvgIpc) is 2.06. The van der Waals surface area contributed by atoms with E-state index in [2.05, 4.69) is 12.2 Å². The predicted octanol–water partition coefficient (Wildman–Crippen LogP) is 2.02. The number of nitrogens with one attached hydrogen (secondary N) is 2. The molecule has 2 heteroatoms. The van der Waals surface area contributed by atoms with Crippen molar-refractivity contribution >= 4 is 5.71 Å². The zero-order valence-electron chi connectivity index (χ0n) is 7.73. The lowest BCUT2D eigenvalue weighted by Gasteiger charge is -2.13. The van der Waals surface area contributed by atoms with E-state index < -0.39 is 0 Å². The summed E-state index contributed by atoms with van der Waals surface area (Å²) in [6.45, 7) is 4.10. The zero-order chi connectivity index (χ0) is 9.14. The fourth-order valence-electron chi connectivity index (χ4n) is 1.17. The number of allylic oxidation sites excluding steroid dienone is 5. The van der Waals surface area contributed by atoms with E-state index >= 15 is 0 Å². The molecule has 0 radical (unpaired) electrons. The fraction of sp³-hybridized carbons (Fsp3) is 0.300. The Morgan fingerprint density at radius 1 is 1.33 bits per heavy atom. The van der Waals surface area contributed by atoms with Crippen LogP contribution in [-0.4, -0.2) is 12.8 Å². The van der Waals surface area contributed by atoms with Crippen molar-refractivity contribution in [3.05, 3.63) is 35.1 Å². The molecule has 0 amide bonds. The molecule has 0 aromatic rings. The summed E-state index contributed by atoms with van der Waals surface area (Å²) in [5, 5.41) is 10.6. The van der Waals surface area contributed by atoms with Gasteiger partial charge in [-0.2, -0.15) is 0 Å². The van der Waals surface area contributed by atoms with Crippen LogP contribution < -0.4 is 5.32 Å². The standard InChI is InChI=1S/C10H14N2/c1-7-4-5-10(11)9(6-12-3)8(7)2/h4-6,11-12H,1-3H3/b9-6-,11-10?. The monoisotopic (exact) mass is 162 g/mol. The van der Waals surface area contributed by atoms with E-state index in [1.807, 2.05) is 32.3 Å². The van der Waals surface area contributed by atoms with Gasteiger partial charge in [-0.15, -0.1) is 0 Å². The second-order valence-corrected chi connectivity index (χ2v) is 2.90. The van der Waals surface area contributed by atoms with E-state index in [0.29, 0.717) is 5.71 Å². The number of rotatable bonds is 1. The third kappa shape index (κ3) is 1.47. The summed E-state index contributed by atoms with van der Waals surface area (Å²) in [6, 6.07) is 0. The van der Waals surface area contributed by atoms with E-state index in [-0.39, 0.29) is 0 Å². The van der Waals surface area contributed by atoms with Crippen molar-refractivity contribution in [3.63, 3.8) is 0 Å². The van der Waals surface area contributed by atoms with Crippen LogP contribution in [0.25, 0.3) is 0 Å². The highest BCUT2D eigenvalue weighted by Gasteiger charge is 2.10. The van der Waals surface area contributed by atoms with Gasteiger partial charge in [0.1, 0.15) is 0 Å². The molecule has 1 aliphatic rings. The van der Waals surface area contributed by atoms with E-state index in [0.717, 1.165) is 5.57 Å². The SMILES string of the molecule is CN/C=C1\C(=N)C=CC(C)=C1C. The maximum Gasteiger partial charge on any atom is 0.0629 e. The van der Waals surface area contributed by atoms with Gasteiger partial charge in [0.15, 0.2) is 0 Å². The highest BCUT2D eigenvalue weighted by atomic mass is 14.8. The Morgan fingerprint density at radius 2 is 2.00 bits per heavy atom. The summed E-state index contributed by atoms with van der Waals surface area (Å²) in [5.74, 6) is 0. The first-order valence-corrected chi connectivity index (χ1v) is 3.99. The molecule has 0 bridgehead atoms.